The first-order valence-electron chi connectivity index (χ1n) is 6.08. The first-order valence-corrected chi connectivity index (χ1v) is 6.46. The van der Waals surface area contributed by atoms with Crippen molar-refractivity contribution in [2.75, 3.05) is 20.1 Å². The van der Waals surface area contributed by atoms with Crippen molar-refractivity contribution in [3.63, 3.8) is 0 Å². The zero-order valence-corrected chi connectivity index (χ0v) is 11.2. The molecule has 96 valence electrons. The zero-order chi connectivity index (χ0) is 13.2. The third-order valence-electron chi connectivity index (χ3n) is 3.89. The summed E-state index contributed by atoms with van der Waals surface area (Å²) < 4.78 is 13.6. The van der Waals surface area contributed by atoms with Crippen LogP contribution in [0, 0.1) is 17.1 Å². The number of hydrogen-bond acceptors (Lipinski definition) is 2. The third-order valence-corrected chi connectivity index (χ3v) is 4.20. The van der Waals surface area contributed by atoms with E-state index in [4.69, 9.17) is 16.9 Å². The van der Waals surface area contributed by atoms with Gasteiger partial charge in [-0.15, -0.1) is 0 Å². The van der Waals surface area contributed by atoms with Crippen LogP contribution < -0.4 is 0 Å². The van der Waals surface area contributed by atoms with Crippen molar-refractivity contribution in [3.8, 4) is 6.07 Å². The molecule has 1 aliphatic rings. The molecule has 2 rings (SSSR count). The number of piperidine rings is 1. The molecule has 0 unspecified atom stereocenters. The van der Waals surface area contributed by atoms with Crippen LogP contribution in [0.3, 0.4) is 0 Å². The summed E-state index contributed by atoms with van der Waals surface area (Å²) in [5.74, 6) is -0.398. The van der Waals surface area contributed by atoms with Crippen LogP contribution in [0.1, 0.15) is 24.8 Å². The highest BCUT2D eigenvalue weighted by molar-refractivity contribution is 6.30. The molecule has 1 heterocycles. The SMILES string of the molecule is CN1CCC(CC#N)(c2ccc(Cl)c(F)c2)CC1. The molecule has 0 aromatic heterocycles. The minimum absolute atomic E-state index is 0.138. The molecule has 2 nitrogen and oxygen atoms in total. The van der Waals surface area contributed by atoms with E-state index >= 15 is 0 Å². The molecule has 1 saturated heterocycles. The second kappa shape index (κ2) is 5.26. The normalized spacial score (nSPS) is 19.4. The Morgan fingerprint density at radius 3 is 2.67 bits per heavy atom. The Balaban J connectivity index is 2.35. The molecule has 18 heavy (non-hydrogen) atoms. The van der Waals surface area contributed by atoms with Gasteiger partial charge in [0.05, 0.1) is 11.1 Å². The molecule has 0 bridgehead atoms. The molecule has 1 aromatic rings. The number of rotatable bonds is 2. The molecule has 0 spiro atoms. The highest BCUT2D eigenvalue weighted by Gasteiger charge is 2.35. The summed E-state index contributed by atoms with van der Waals surface area (Å²) in [6.45, 7) is 1.87. The summed E-state index contributed by atoms with van der Waals surface area (Å²) in [6, 6.07) is 7.18. The summed E-state index contributed by atoms with van der Waals surface area (Å²) in [5, 5.41) is 9.19. The van der Waals surface area contributed by atoms with E-state index in [1.54, 1.807) is 6.07 Å². The Labute approximate surface area is 112 Å². The number of likely N-dealkylation sites (tertiary alicyclic amines) is 1. The molecule has 0 radical (unpaired) electrons. The van der Waals surface area contributed by atoms with Crippen molar-refractivity contribution in [1.29, 1.82) is 5.26 Å². The van der Waals surface area contributed by atoms with E-state index in [9.17, 15) is 4.39 Å². The van der Waals surface area contributed by atoms with E-state index in [1.807, 2.05) is 6.07 Å². The van der Waals surface area contributed by atoms with Crippen LogP contribution in [0.2, 0.25) is 5.02 Å². The van der Waals surface area contributed by atoms with Gasteiger partial charge < -0.3 is 4.90 Å². The van der Waals surface area contributed by atoms with Gasteiger partial charge in [-0.25, -0.2) is 4.39 Å². The maximum absolute atomic E-state index is 13.6. The second-order valence-corrected chi connectivity index (χ2v) is 5.45. The van der Waals surface area contributed by atoms with Gasteiger partial charge in [-0.2, -0.15) is 5.26 Å². The molecule has 0 aliphatic carbocycles. The van der Waals surface area contributed by atoms with Crippen LogP contribution in [-0.4, -0.2) is 25.0 Å². The predicted molar refractivity (Wildman–Crippen MR) is 70.0 cm³/mol. The van der Waals surface area contributed by atoms with Crippen LogP contribution in [0.5, 0.6) is 0 Å². The van der Waals surface area contributed by atoms with Gasteiger partial charge in [-0.3, -0.25) is 0 Å². The molecular weight excluding hydrogens is 251 g/mol. The monoisotopic (exact) mass is 266 g/mol. The quantitative estimate of drug-likeness (QED) is 0.821. The fraction of sp³-hybridized carbons (Fsp3) is 0.500. The van der Waals surface area contributed by atoms with Gasteiger partial charge >= 0.3 is 0 Å². The smallest absolute Gasteiger partial charge is 0.142 e. The van der Waals surface area contributed by atoms with Crippen molar-refractivity contribution < 1.29 is 4.39 Å². The van der Waals surface area contributed by atoms with Gasteiger partial charge in [0.15, 0.2) is 0 Å². The van der Waals surface area contributed by atoms with E-state index in [0.717, 1.165) is 31.5 Å². The topological polar surface area (TPSA) is 27.0 Å². The average Bonchev–Trinajstić information content (AvgIpc) is 2.36. The lowest BCUT2D eigenvalue weighted by Gasteiger charge is -2.39. The molecule has 0 amide bonds. The molecule has 1 fully saturated rings. The van der Waals surface area contributed by atoms with Crippen LogP contribution in [0.15, 0.2) is 18.2 Å². The number of halogens is 2. The van der Waals surface area contributed by atoms with Crippen LogP contribution in [0.25, 0.3) is 0 Å². The summed E-state index contributed by atoms with van der Waals surface area (Å²) in [7, 11) is 2.07. The Bertz CT molecular complexity index is 473. The molecule has 4 heteroatoms. The summed E-state index contributed by atoms with van der Waals surface area (Å²) in [5.41, 5.74) is 0.686. The fourth-order valence-electron chi connectivity index (χ4n) is 2.59. The Morgan fingerprint density at radius 1 is 1.44 bits per heavy atom. The molecular formula is C14H16ClFN2. The van der Waals surface area contributed by atoms with E-state index in [2.05, 4.69) is 18.0 Å². The number of benzene rings is 1. The van der Waals surface area contributed by atoms with Gasteiger partial charge in [0.25, 0.3) is 0 Å². The number of nitrogens with zero attached hydrogens (tertiary/aromatic N) is 2. The van der Waals surface area contributed by atoms with E-state index in [0.29, 0.717) is 6.42 Å². The summed E-state index contributed by atoms with van der Waals surface area (Å²) in [4.78, 5) is 2.24. The molecule has 0 saturated carbocycles. The molecule has 0 atom stereocenters. The van der Waals surface area contributed by atoms with Crippen molar-refractivity contribution in [2.45, 2.75) is 24.7 Å². The standard InChI is InChI=1S/C14H16ClFN2/c1-18-8-5-14(4-7-17,6-9-18)11-2-3-12(15)13(16)10-11/h2-3,10H,4-6,8-9H2,1H3. The van der Waals surface area contributed by atoms with E-state index < -0.39 is 5.82 Å². The van der Waals surface area contributed by atoms with Crippen LogP contribution >= 0.6 is 11.6 Å². The predicted octanol–water partition coefficient (Wildman–Crippen LogP) is 3.36. The summed E-state index contributed by atoms with van der Waals surface area (Å²) in [6.07, 6.45) is 2.21. The maximum atomic E-state index is 13.6. The highest BCUT2D eigenvalue weighted by atomic mass is 35.5. The molecule has 0 N–H and O–H groups in total. The Morgan fingerprint density at radius 2 is 2.11 bits per heavy atom. The third kappa shape index (κ3) is 2.50. The lowest BCUT2D eigenvalue weighted by molar-refractivity contribution is 0.189. The summed E-state index contributed by atoms with van der Waals surface area (Å²) >= 11 is 5.72. The molecule has 1 aromatic carbocycles. The minimum atomic E-state index is -0.398. The second-order valence-electron chi connectivity index (χ2n) is 5.05. The van der Waals surface area contributed by atoms with Crippen molar-refractivity contribution in [1.82, 2.24) is 4.90 Å². The van der Waals surface area contributed by atoms with Gasteiger partial charge in [0.2, 0.25) is 0 Å². The average molecular weight is 267 g/mol. The van der Waals surface area contributed by atoms with Gasteiger partial charge in [0, 0.05) is 11.8 Å². The van der Waals surface area contributed by atoms with E-state index in [1.165, 1.54) is 6.07 Å². The number of hydrogen-bond donors (Lipinski definition) is 0. The lowest BCUT2D eigenvalue weighted by Crippen LogP contribution is -2.40. The minimum Gasteiger partial charge on any atom is -0.306 e. The first-order chi connectivity index (χ1) is 8.57. The maximum Gasteiger partial charge on any atom is 0.142 e. The highest BCUT2D eigenvalue weighted by Crippen LogP contribution is 2.39. The zero-order valence-electron chi connectivity index (χ0n) is 10.4. The van der Waals surface area contributed by atoms with E-state index in [-0.39, 0.29) is 10.4 Å². The Hall–Kier alpha value is -1.11. The van der Waals surface area contributed by atoms with Gasteiger partial charge in [-0.1, -0.05) is 17.7 Å². The van der Waals surface area contributed by atoms with Crippen LogP contribution in [-0.2, 0) is 5.41 Å². The first kappa shape index (κ1) is 13.3. The van der Waals surface area contributed by atoms with Crippen molar-refractivity contribution in [2.24, 2.45) is 0 Å². The van der Waals surface area contributed by atoms with Gasteiger partial charge in [0.1, 0.15) is 5.82 Å². The lowest BCUT2D eigenvalue weighted by atomic mass is 9.71. The Kier molecular flexibility index (Phi) is 3.89. The van der Waals surface area contributed by atoms with Gasteiger partial charge in [-0.05, 0) is 50.7 Å². The fourth-order valence-corrected chi connectivity index (χ4v) is 2.71. The molecule has 1 aliphatic heterocycles. The van der Waals surface area contributed by atoms with Crippen molar-refractivity contribution >= 4 is 11.6 Å². The van der Waals surface area contributed by atoms with Crippen LogP contribution in [0.4, 0.5) is 4.39 Å². The number of nitriles is 1. The largest absolute Gasteiger partial charge is 0.306 e. The van der Waals surface area contributed by atoms with Crippen molar-refractivity contribution in [3.05, 3.63) is 34.6 Å².